The molecule has 2 aliphatic rings. The van der Waals surface area contributed by atoms with Crippen molar-refractivity contribution >= 4 is 17.4 Å². The summed E-state index contributed by atoms with van der Waals surface area (Å²) in [5, 5.41) is 14.6. The number of hydrogen-bond donors (Lipinski definition) is 2. The van der Waals surface area contributed by atoms with E-state index < -0.39 is 6.04 Å². The van der Waals surface area contributed by atoms with Crippen LogP contribution in [0.15, 0.2) is 64.4 Å². The highest BCUT2D eigenvalue weighted by Gasteiger charge is 2.38. The van der Waals surface area contributed by atoms with E-state index >= 15 is 0 Å². The third kappa shape index (κ3) is 3.39. The van der Waals surface area contributed by atoms with Gasteiger partial charge in [-0.1, -0.05) is 30.3 Å². The van der Waals surface area contributed by atoms with Gasteiger partial charge in [-0.15, -0.1) is 0 Å². The number of aromatic nitrogens is 2. The van der Waals surface area contributed by atoms with Crippen LogP contribution in [0.1, 0.15) is 35.9 Å². The van der Waals surface area contributed by atoms with Crippen LogP contribution in [-0.2, 0) is 4.79 Å². The number of Topliss-reactive ketones (excluding diaryl/α,β-unsaturated/α-hetero) is 1. The smallest absolute Gasteiger partial charge is 0.219 e. The molecule has 0 radical (unpaired) electrons. The minimum Gasteiger partial charge on any atom is -0.497 e. The molecule has 8 nitrogen and oxygen atoms in total. The van der Waals surface area contributed by atoms with Gasteiger partial charge < -0.3 is 20.1 Å². The quantitative estimate of drug-likeness (QED) is 0.654. The van der Waals surface area contributed by atoms with Crippen molar-refractivity contribution in [3.05, 3.63) is 70.9 Å². The fourth-order valence-electron chi connectivity index (χ4n) is 4.35. The second kappa shape index (κ2) is 7.79. The van der Waals surface area contributed by atoms with Gasteiger partial charge in [0, 0.05) is 23.3 Å². The molecule has 0 fully saturated rings. The number of ketones is 1. The molecule has 0 amide bonds. The third-order valence-electron chi connectivity index (χ3n) is 5.87. The van der Waals surface area contributed by atoms with E-state index in [1.807, 2.05) is 48.5 Å². The first-order chi connectivity index (χ1) is 15.2. The van der Waals surface area contributed by atoms with Gasteiger partial charge in [0.25, 0.3) is 0 Å². The SMILES string of the molecule is COc1ccc([C@@H]2CC(=O)C3=C(C2)Nc2nonc2N[C@H]3c2ccccc2OC)cc1. The Balaban J connectivity index is 1.58. The Labute approximate surface area is 179 Å². The highest BCUT2D eigenvalue weighted by molar-refractivity contribution is 6.01. The molecule has 1 aliphatic heterocycles. The van der Waals surface area contributed by atoms with Crippen molar-refractivity contribution in [1.82, 2.24) is 10.3 Å². The van der Waals surface area contributed by atoms with Gasteiger partial charge in [0.05, 0.1) is 20.3 Å². The summed E-state index contributed by atoms with van der Waals surface area (Å²) < 4.78 is 15.8. The van der Waals surface area contributed by atoms with Crippen molar-refractivity contribution in [3.63, 3.8) is 0 Å². The van der Waals surface area contributed by atoms with E-state index in [1.54, 1.807) is 14.2 Å². The number of hydrogen-bond acceptors (Lipinski definition) is 8. The number of allylic oxidation sites excluding steroid dienone is 1. The molecular weight excluding hydrogens is 396 g/mol. The number of anilines is 2. The van der Waals surface area contributed by atoms with Crippen LogP contribution in [0.5, 0.6) is 11.5 Å². The number of methoxy groups -OCH3 is 2. The van der Waals surface area contributed by atoms with E-state index in [9.17, 15) is 4.79 Å². The summed E-state index contributed by atoms with van der Waals surface area (Å²) in [6.45, 7) is 0. The first-order valence-corrected chi connectivity index (χ1v) is 10.1. The standard InChI is InChI=1S/C23H22N4O4/c1-29-15-9-7-13(8-10-15)14-11-17-20(18(28)12-14)21(16-5-3-4-6-19(16)30-2)25-23-22(24-17)26-31-27-23/h3-10,14,21H,11-12H2,1-2H3,(H,24,26)(H,25,27)/t14-,21-/m0/s1. The molecule has 31 heavy (non-hydrogen) atoms. The van der Waals surface area contributed by atoms with Crippen LogP contribution in [-0.4, -0.2) is 30.3 Å². The summed E-state index contributed by atoms with van der Waals surface area (Å²) in [5.41, 5.74) is 3.43. The summed E-state index contributed by atoms with van der Waals surface area (Å²) in [6, 6.07) is 15.1. The van der Waals surface area contributed by atoms with E-state index in [-0.39, 0.29) is 11.7 Å². The van der Waals surface area contributed by atoms with Crippen LogP contribution >= 0.6 is 0 Å². The van der Waals surface area contributed by atoms with Gasteiger partial charge in [0.1, 0.15) is 11.5 Å². The molecule has 0 bridgehead atoms. The summed E-state index contributed by atoms with van der Waals surface area (Å²) in [7, 11) is 3.26. The number of nitrogens with zero attached hydrogens (tertiary/aromatic N) is 2. The number of ether oxygens (including phenoxy) is 2. The molecule has 2 atom stereocenters. The minimum atomic E-state index is -0.434. The molecule has 158 valence electrons. The predicted octanol–water partition coefficient (Wildman–Crippen LogP) is 4.07. The predicted molar refractivity (Wildman–Crippen MR) is 114 cm³/mol. The van der Waals surface area contributed by atoms with Crippen molar-refractivity contribution < 1.29 is 18.9 Å². The van der Waals surface area contributed by atoms with Crippen LogP contribution in [0, 0.1) is 0 Å². The van der Waals surface area contributed by atoms with Gasteiger partial charge in [0.2, 0.25) is 11.6 Å². The third-order valence-corrected chi connectivity index (χ3v) is 5.87. The van der Waals surface area contributed by atoms with Crippen LogP contribution in [0.25, 0.3) is 0 Å². The lowest BCUT2D eigenvalue weighted by molar-refractivity contribution is -0.116. The average Bonchev–Trinajstić information content (AvgIpc) is 3.17. The van der Waals surface area contributed by atoms with Crippen molar-refractivity contribution in [3.8, 4) is 11.5 Å². The molecule has 2 aromatic carbocycles. The number of rotatable bonds is 4. The Hall–Kier alpha value is -3.81. The van der Waals surface area contributed by atoms with E-state index in [4.69, 9.17) is 14.1 Å². The van der Waals surface area contributed by atoms with E-state index in [1.165, 1.54) is 0 Å². The fraction of sp³-hybridized carbons (Fsp3) is 0.261. The Kier molecular flexibility index (Phi) is 4.82. The monoisotopic (exact) mass is 418 g/mol. The number of fused-ring (bicyclic) bond motifs is 1. The summed E-state index contributed by atoms with van der Waals surface area (Å²) in [6.07, 6.45) is 1.07. The number of para-hydroxylation sites is 1. The molecule has 0 saturated heterocycles. The van der Waals surface area contributed by atoms with Gasteiger partial charge in [-0.3, -0.25) is 4.79 Å². The van der Waals surface area contributed by atoms with Crippen molar-refractivity contribution in [1.29, 1.82) is 0 Å². The maximum atomic E-state index is 13.5. The molecule has 8 heteroatoms. The summed E-state index contributed by atoms with van der Waals surface area (Å²) in [5.74, 6) is 2.52. The largest absolute Gasteiger partial charge is 0.497 e. The minimum absolute atomic E-state index is 0.0457. The fourth-order valence-corrected chi connectivity index (χ4v) is 4.35. The maximum absolute atomic E-state index is 13.5. The number of carbonyl (C=O) groups excluding carboxylic acids is 1. The lowest BCUT2D eigenvalue weighted by Gasteiger charge is -2.30. The zero-order chi connectivity index (χ0) is 21.4. The Bertz CT molecular complexity index is 1150. The van der Waals surface area contributed by atoms with E-state index in [2.05, 4.69) is 20.9 Å². The molecule has 0 spiro atoms. The van der Waals surface area contributed by atoms with Crippen molar-refractivity contribution in [2.24, 2.45) is 0 Å². The molecule has 1 aromatic heterocycles. The average molecular weight is 418 g/mol. The topological polar surface area (TPSA) is 98.5 Å². The molecule has 3 aromatic rings. The molecule has 2 N–H and O–H groups in total. The second-order valence-corrected chi connectivity index (χ2v) is 7.60. The van der Waals surface area contributed by atoms with Crippen molar-refractivity contribution in [2.75, 3.05) is 24.9 Å². The summed E-state index contributed by atoms with van der Waals surface area (Å²) >= 11 is 0. The normalized spacial score (nSPS) is 20.1. The first kappa shape index (κ1) is 19.2. The molecular formula is C23H22N4O4. The van der Waals surface area contributed by atoms with Gasteiger partial charge in [-0.05, 0) is 46.4 Å². The summed E-state index contributed by atoms with van der Waals surface area (Å²) in [4.78, 5) is 13.5. The Morgan fingerprint density at radius 1 is 0.968 bits per heavy atom. The molecule has 0 saturated carbocycles. The van der Waals surface area contributed by atoms with Crippen LogP contribution in [0.4, 0.5) is 11.6 Å². The molecule has 5 rings (SSSR count). The number of benzene rings is 2. The zero-order valence-electron chi connectivity index (χ0n) is 17.2. The number of carbonyl (C=O) groups is 1. The molecule has 1 aliphatic carbocycles. The van der Waals surface area contributed by atoms with Gasteiger partial charge in [0.15, 0.2) is 5.78 Å². The Morgan fingerprint density at radius 3 is 2.52 bits per heavy atom. The first-order valence-electron chi connectivity index (χ1n) is 10.1. The molecule has 2 heterocycles. The van der Waals surface area contributed by atoms with Gasteiger partial charge in [-0.2, -0.15) is 0 Å². The highest BCUT2D eigenvalue weighted by atomic mass is 16.6. The lowest BCUT2D eigenvalue weighted by atomic mass is 9.78. The Morgan fingerprint density at radius 2 is 1.74 bits per heavy atom. The van der Waals surface area contributed by atoms with E-state index in [0.717, 1.165) is 22.6 Å². The van der Waals surface area contributed by atoms with Crippen molar-refractivity contribution in [2.45, 2.75) is 24.8 Å². The highest BCUT2D eigenvalue weighted by Crippen LogP contribution is 2.45. The lowest BCUT2D eigenvalue weighted by Crippen LogP contribution is -2.27. The van der Waals surface area contributed by atoms with Crippen LogP contribution in [0.3, 0.4) is 0 Å². The van der Waals surface area contributed by atoms with E-state index in [0.29, 0.717) is 35.8 Å². The van der Waals surface area contributed by atoms with Gasteiger partial charge in [-0.25, -0.2) is 4.63 Å². The van der Waals surface area contributed by atoms with Crippen LogP contribution in [0.2, 0.25) is 0 Å². The molecule has 0 unspecified atom stereocenters. The number of nitrogens with one attached hydrogen (secondary N) is 2. The van der Waals surface area contributed by atoms with Gasteiger partial charge >= 0.3 is 0 Å². The maximum Gasteiger partial charge on any atom is 0.219 e. The second-order valence-electron chi connectivity index (χ2n) is 7.60. The zero-order valence-corrected chi connectivity index (χ0v) is 17.2. The van der Waals surface area contributed by atoms with Crippen LogP contribution < -0.4 is 20.1 Å².